The van der Waals surface area contributed by atoms with Gasteiger partial charge in [0.1, 0.15) is 0 Å². The van der Waals surface area contributed by atoms with Crippen LogP contribution in [-0.2, 0) is 4.79 Å². The molecule has 0 heterocycles. The van der Waals surface area contributed by atoms with E-state index in [0.29, 0.717) is 0 Å². The lowest BCUT2D eigenvalue weighted by Crippen LogP contribution is -2.23. The molecule has 2 nitrogen and oxygen atoms in total. The van der Waals surface area contributed by atoms with Gasteiger partial charge in [-0.1, -0.05) is 25.7 Å². The Kier molecular flexibility index (Phi) is 6.98. The first-order valence-corrected chi connectivity index (χ1v) is 5.83. The number of carboxylic acids is 1. The zero-order chi connectivity index (χ0) is 11.0. The molecule has 1 N–H and O–H groups in total. The van der Waals surface area contributed by atoms with Gasteiger partial charge in [-0.3, -0.25) is 4.79 Å². The number of alkyl halides is 1. The maximum absolute atomic E-state index is 10.8. The largest absolute Gasteiger partial charge is 0.481 e. The summed E-state index contributed by atoms with van der Waals surface area (Å²) in [5.74, 6) is 0.0407. The van der Waals surface area contributed by atoms with Crippen LogP contribution >= 0.6 is 11.6 Å². The smallest absolute Gasteiger partial charge is 0.309 e. The van der Waals surface area contributed by atoms with Crippen molar-refractivity contribution in [3.63, 3.8) is 0 Å². The van der Waals surface area contributed by atoms with Crippen LogP contribution in [0.15, 0.2) is 0 Å². The van der Waals surface area contributed by atoms with Crippen LogP contribution in [-0.4, -0.2) is 17.0 Å². The van der Waals surface area contributed by atoms with Crippen molar-refractivity contribution in [2.45, 2.75) is 52.4 Å². The van der Waals surface area contributed by atoms with E-state index in [2.05, 4.69) is 0 Å². The summed E-state index contributed by atoms with van der Waals surface area (Å²) in [6.07, 6.45) is 6.29. The maximum atomic E-state index is 10.8. The van der Waals surface area contributed by atoms with Crippen LogP contribution in [0, 0.1) is 5.41 Å². The van der Waals surface area contributed by atoms with Gasteiger partial charge in [-0.05, 0) is 26.7 Å². The Morgan fingerprint density at radius 2 is 1.64 bits per heavy atom. The highest BCUT2D eigenvalue weighted by molar-refractivity contribution is 6.17. The molecule has 0 aliphatic rings. The summed E-state index contributed by atoms with van der Waals surface area (Å²) >= 11 is 5.55. The summed E-state index contributed by atoms with van der Waals surface area (Å²) in [4.78, 5) is 10.8. The van der Waals surface area contributed by atoms with E-state index in [1.54, 1.807) is 13.8 Å². The SMILES string of the molecule is CC(C)(CCCCCCCCl)C(=O)O. The van der Waals surface area contributed by atoms with E-state index in [1.165, 1.54) is 6.42 Å². The predicted octanol–water partition coefficient (Wildman–Crippen LogP) is 3.68. The highest BCUT2D eigenvalue weighted by Gasteiger charge is 2.25. The molecule has 0 aliphatic carbocycles. The minimum absolute atomic E-state index is 0.563. The van der Waals surface area contributed by atoms with Crippen molar-refractivity contribution >= 4 is 17.6 Å². The Labute approximate surface area is 91.6 Å². The molecule has 0 aromatic heterocycles. The minimum atomic E-state index is -0.696. The van der Waals surface area contributed by atoms with E-state index in [0.717, 1.165) is 38.0 Å². The number of aliphatic carboxylic acids is 1. The lowest BCUT2D eigenvalue weighted by molar-refractivity contribution is -0.147. The fourth-order valence-corrected chi connectivity index (χ4v) is 1.49. The van der Waals surface area contributed by atoms with Gasteiger partial charge in [0.2, 0.25) is 0 Å². The lowest BCUT2D eigenvalue weighted by Gasteiger charge is -2.18. The molecule has 0 radical (unpaired) electrons. The molecule has 0 atom stereocenters. The molecule has 0 amide bonds. The van der Waals surface area contributed by atoms with E-state index >= 15 is 0 Å². The molecule has 0 bridgehead atoms. The Balaban J connectivity index is 3.40. The molecule has 3 heteroatoms. The van der Waals surface area contributed by atoms with E-state index < -0.39 is 11.4 Å². The third kappa shape index (κ3) is 6.25. The molecular formula is C11H21ClO2. The second-order valence-electron chi connectivity index (χ2n) is 4.40. The van der Waals surface area contributed by atoms with Crippen LogP contribution in [0.3, 0.4) is 0 Å². The van der Waals surface area contributed by atoms with Crippen LogP contribution < -0.4 is 0 Å². The van der Waals surface area contributed by atoms with Crippen molar-refractivity contribution < 1.29 is 9.90 Å². The maximum Gasteiger partial charge on any atom is 0.309 e. The molecular weight excluding hydrogens is 200 g/mol. The number of hydrogen-bond acceptors (Lipinski definition) is 1. The molecule has 0 aromatic carbocycles. The topological polar surface area (TPSA) is 37.3 Å². The highest BCUT2D eigenvalue weighted by atomic mass is 35.5. The van der Waals surface area contributed by atoms with Crippen LogP contribution in [0.1, 0.15) is 52.4 Å². The molecule has 0 rings (SSSR count). The number of hydrogen-bond donors (Lipinski definition) is 1. The summed E-state index contributed by atoms with van der Waals surface area (Å²) in [7, 11) is 0. The fraction of sp³-hybridized carbons (Fsp3) is 0.909. The number of carbonyl (C=O) groups is 1. The lowest BCUT2D eigenvalue weighted by atomic mass is 9.87. The Bertz CT molecular complexity index is 167. The molecule has 14 heavy (non-hydrogen) atoms. The van der Waals surface area contributed by atoms with Gasteiger partial charge in [0, 0.05) is 5.88 Å². The zero-order valence-corrected chi connectivity index (χ0v) is 9.94. The summed E-state index contributed by atoms with van der Waals surface area (Å²) in [5.41, 5.74) is -0.563. The van der Waals surface area contributed by atoms with Gasteiger partial charge in [0.25, 0.3) is 0 Å². The molecule has 0 aromatic rings. The zero-order valence-electron chi connectivity index (χ0n) is 9.18. The first-order chi connectivity index (χ1) is 6.50. The van der Waals surface area contributed by atoms with Crippen molar-refractivity contribution in [2.75, 3.05) is 5.88 Å². The monoisotopic (exact) mass is 220 g/mol. The summed E-state index contributed by atoms with van der Waals surface area (Å²) < 4.78 is 0. The second kappa shape index (κ2) is 7.10. The van der Waals surface area contributed by atoms with Crippen molar-refractivity contribution in [1.29, 1.82) is 0 Å². The fourth-order valence-electron chi connectivity index (χ4n) is 1.30. The molecule has 84 valence electrons. The normalized spacial score (nSPS) is 11.6. The van der Waals surface area contributed by atoms with Gasteiger partial charge in [-0.25, -0.2) is 0 Å². The standard InChI is InChI=1S/C11H21ClO2/c1-11(2,10(13)14)8-6-4-3-5-7-9-12/h3-9H2,1-2H3,(H,13,14). The van der Waals surface area contributed by atoms with Gasteiger partial charge in [0.15, 0.2) is 0 Å². The second-order valence-corrected chi connectivity index (χ2v) is 4.77. The van der Waals surface area contributed by atoms with Crippen LogP contribution in [0.5, 0.6) is 0 Å². The van der Waals surface area contributed by atoms with E-state index in [4.69, 9.17) is 16.7 Å². The minimum Gasteiger partial charge on any atom is -0.481 e. The number of unbranched alkanes of at least 4 members (excludes halogenated alkanes) is 4. The van der Waals surface area contributed by atoms with E-state index in [1.807, 2.05) is 0 Å². The molecule has 0 fully saturated rings. The first kappa shape index (κ1) is 13.8. The number of carboxylic acid groups (broad SMARTS) is 1. The third-order valence-corrected chi connectivity index (χ3v) is 2.78. The quantitative estimate of drug-likeness (QED) is 0.501. The van der Waals surface area contributed by atoms with Crippen molar-refractivity contribution in [2.24, 2.45) is 5.41 Å². The summed E-state index contributed by atoms with van der Waals surface area (Å²) in [6, 6.07) is 0. The van der Waals surface area contributed by atoms with Gasteiger partial charge in [-0.2, -0.15) is 0 Å². The van der Waals surface area contributed by atoms with Crippen molar-refractivity contribution in [1.82, 2.24) is 0 Å². The number of halogens is 1. The molecule has 0 unspecified atom stereocenters. The molecule has 0 spiro atoms. The van der Waals surface area contributed by atoms with Gasteiger partial charge >= 0.3 is 5.97 Å². The Hall–Kier alpha value is -0.240. The average molecular weight is 221 g/mol. The van der Waals surface area contributed by atoms with Crippen LogP contribution in [0.25, 0.3) is 0 Å². The Morgan fingerprint density at radius 3 is 2.14 bits per heavy atom. The van der Waals surface area contributed by atoms with Gasteiger partial charge in [0.05, 0.1) is 5.41 Å². The number of rotatable bonds is 8. The van der Waals surface area contributed by atoms with Gasteiger partial charge < -0.3 is 5.11 Å². The average Bonchev–Trinajstić information content (AvgIpc) is 2.10. The van der Waals surface area contributed by atoms with E-state index in [9.17, 15) is 4.79 Å². The molecule has 0 saturated carbocycles. The first-order valence-electron chi connectivity index (χ1n) is 5.30. The van der Waals surface area contributed by atoms with Crippen LogP contribution in [0.2, 0.25) is 0 Å². The Morgan fingerprint density at radius 1 is 1.14 bits per heavy atom. The highest BCUT2D eigenvalue weighted by Crippen LogP contribution is 2.24. The van der Waals surface area contributed by atoms with Crippen molar-refractivity contribution in [3.8, 4) is 0 Å². The van der Waals surface area contributed by atoms with Crippen LogP contribution in [0.4, 0.5) is 0 Å². The third-order valence-electron chi connectivity index (χ3n) is 2.51. The molecule has 0 saturated heterocycles. The van der Waals surface area contributed by atoms with Gasteiger partial charge in [-0.15, -0.1) is 11.6 Å². The molecule has 0 aliphatic heterocycles. The summed E-state index contributed by atoms with van der Waals surface area (Å²) in [5, 5.41) is 8.86. The van der Waals surface area contributed by atoms with E-state index in [-0.39, 0.29) is 0 Å². The summed E-state index contributed by atoms with van der Waals surface area (Å²) in [6.45, 7) is 3.57. The van der Waals surface area contributed by atoms with Crippen molar-refractivity contribution in [3.05, 3.63) is 0 Å². The predicted molar refractivity (Wildman–Crippen MR) is 59.8 cm³/mol.